The van der Waals surface area contributed by atoms with Gasteiger partial charge in [0.25, 0.3) is 0 Å². The largest absolute Gasteiger partial charge is 0.508 e. The lowest BCUT2D eigenvalue weighted by molar-refractivity contribution is 0.475. The van der Waals surface area contributed by atoms with Crippen molar-refractivity contribution in [3.63, 3.8) is 0 Å². The highest BCUT2D eigenvalue weighted by Gasteiger charge is 2.11. The third kappa shape index (κ3) is 3.88. The van der Waals surface area contributed by atoms with Crippen LogP contribution in [0.3, 0.4) is 0 Å². The number of phenols is 1. The van der Waals surface area contributed by atoms with E-state index in [1.165, 1.54) is 6.33 Å². The zero-order valence-corrected chi connectivity index (χ0v) is 15.2. The van der Waals surface area contributed by atoms with Gasteiger partial charge in [0, 0.05) is 11.6 Å². The lowest BCUT2D eigenvalue weighted by atomic mass is 10.1. The predicted octanol–water partition coefficient (Wildman–Crippen LogP) is 3.79. The molecule has 4 aromatic rings. The lowest BCUT2D eigenvalue weighted by Crippen LogP contribution is -2.04. The monoisotopic (exact) mass is 370 g/mol. The number of hydrazone groups is 1. The molecule has 0 radical (unpaired) electrons. The molecule has 0 aliphatic carbocycles. The molecular weight excluding hydrogens is 352 g/mol. The molecule has 2 heterocycles. The number of hydrogen-bond donors (Lipinski definition) is 2. The SMILES string of the molecule is Cc1cc(-c2ccccc2)n(-c2cc(N/N=C/c3ccc(O)cc3)ncn2)n1. The fraction of sp³-hybridized carbons (Fsp3) is 0.0476. The Hall–Kier alpha value is -4.00. The number of nitrogens with one attached hydrogen (secondary N) is 1. The van der Waals surface area contributed by atoms with Gasteiger partial charge in [-0.1, -0.05) is 30.3 Å². The number of benzene rings is 2. The molecule has 0 spiro atoms. The molecule has 0 atom stereocenters. The van der Waals surface area contributed by atoms with Gasteiger partial charge in [-0.05, 0) is 42.8 Å². The van der Waals surface area contributed by atoms with E-state index in [0.29, 0.717) is 11.6 Å². The Morgan fingerprint density at radius 2 is 1.79 bits per heavy atom. The van der Waals surface area contributed by atoms with Crippen molar-refractivity contribution in [3.8, 4) is 22.8 Å². The Bertz CT molecular complexity index is 1100. The zero-order valence-electron chi connectivity index (χ0n) is 15.2. The van der Waals surface area contributed by atoms with Crippen LogP contribution in [0.1, 0.15) is 11.3 Å². The second kappa shape index (κ2) is 7.71. The molecule has 7 nitrogen and oxygen atoms in total. The van der Waals surface area contributed by atoms with E-state index in [0.717, 1.165) is 22.5 Å². The first kappa shape index (κ1) is 17.4. The van der Waals surface area contributed by atoms with E-state index in [4.69, 9.17) is 0 Å². The van der Waals surface area contributed by atoms with Crippen LogP contribution < -0.4 is 5.43 Å². The van der Waals surface area contributed by atoms with Gasteiger partial charge < -0.3 is 5.11 Å². The third-order valence-corrected chi connectivity index (χ3v) is 4.06. The number of rotatable bonds is 5. The number of anilines is 1. The first-order valence-corrected chi connectivity index (χ1v) is 8.72. The first-order chi connectivity index (χ1) is 13.7. The average Bonchev–Trinajstić information content (AvgIpc) is 3.12. The molecule has 0 fully saturated rings. The van der Waals surface area contributed by atoms with Crippen molar-refractivity contribution in [1.29, 1.82) is 0 Å². The summed E-state index contributed by atoms with van der Waals surface area (Å²) in [6, 6.07) is 20.6. The van der Waals surface area contributed by atoms with Crippen LogP contribution in [0.4, 0.5) is 5.82 Å². The molecule has 4 rings (SSSR count). The molecule has 138 valence electrons. The second-order valence-electron chi connectivity index (χ2n) is 6.17. The van der Waals surface area contributed by atoms with Crippen molar-refractivity contribution in [2.45, 2.75) is 6.92 Å². The van der Waals surface area contributed by atoms with Crippen molar-refractivity contribution in [1.82, 2.24) is 19.7 Å². The van der Waals surface area contributed by atoms with Gasteiger partial charge in [0.1, 0.15) is 12.1 Å². The van der Waals surface area contributed by atoms with Crippen LogP contribution in [0.2, 0.25) is 0 Å². The molecule has 2 aromatic heterocycles. The summed E-state index contributed by atoms with van der Waals surface area (Å²) in [6.45, 7) is 1.95. The lowest BCUT2D eigenvalue weighted by Gasteiger charge is -2.07. The van der Waals surface area contributed by atoms with Gasteiger partial charge in [0.2, 0.25) is 0 Å². The quantitative estimate of drug-likeness (QED) is 0.412. The highest BCUT2D eigenvalue weighted by atomic mass is 16.3. The van der Waals surface area contributed by atoms with Crippen LogP contribution in [0.25, 0.3) is 17.1 Å². The van der Waals surface area contributed by atoms with Gasteiger partial charge >= 0.3 is 0 Å². The summed E-state index contributed by atoms with van der Waals surface area (Å²) in [4.78, 5) is 8.56. The normalized spacial score (nSPS) is 11.0. The maximum absolute atomic E-state index is 9.32. The number of phenolic OH excluding ortho intramolecular Hbond substituents is 1. The average molecular weight is 370 g/mol. The van der Waals surface area contributed by atoms with Crippen molar-refractivity contribution >= 4 is 12.0 Å². The molecule has 0 unspecified atom stereocenters. The van der Waals surface area contributed by atoms with E-state index in [1.807, 2.05) is 43.3 Å². The topological polar surface area (TPSA) is 88.2 Å². The van der Waals surface area contributed by atoms with E-state index >= 15 is 0 Å². The van der Waals surface area contributed by atoms with Gasteiger partial charge in [-0.3, -0.25) is 5.43 Å². The molecule has 2 N–H and O–H groups in total. The molecule has 0 aliphatic heterocycles. The van der Waals surface area contributed by atoms with E-state index in [-0.39, 0.29) is 5.75 Å². The smallest absolute Gasteiger partial charge is 0.159 e. The minimum atomic E-state index is 0.217. The summed E-state index contributed by atoms with van der Waals surface area (Å²) in [6.07, 6.45) is 3.12. The van der Waals surface area contributed by atoms with Gasteiger partial charge in [0.05, 0.1) is 17.6 Å². The van der Waals surface area contributed by atoms with Crippen LogP contribution in [0.15, 0.2) is 78.2 Å². The fourth-order valence-corrected chi connectivity index (χ4v) is 2.75. The Kier molecular flexibility index (Phi) is 4.79. The van der Waals surface area contributed by atoms with Crippen molar-refractivity contribution in [3.05, 3.63) is 84.3 Å². The van der Waals surface area contributed by atoms with Crippen molar-refractivity contribution in [2.24, 2.45) is 5.10 Å². The van der Waals surface area contributed by atoms with Crippen LogP contribution in [0, 0.1) is 6.92 Å². The molecule has 0 bridgehead atoms. The Morgan fingerprint density at radius 1 is 1.00 bits per heavy atom. The second-order valence-corrected chi connectivity index (χ2v) is 6.17. The molecule has 28 heavy (non-hydrogen) atoms. The summed E-state index contributed by atoms with van der Waals surface area (Å²) >= 11 is 0. The minimum Gasteiger partial charge on any atom is -0.508 e. The molecule has 0 amide bonds. The molecule has 0 aliphatic rings. The molecular formula is C21H18N6O. The Balaban J connectivity index is 1.59. The maximum atomic E-state index is 9.32. The molecule has 7 heteroatoms. The minimum absolute atomic E-state index is 0.217. The van der Waals surface area contributed by atoms with Crippen molar-refractivity contribution in [2.75, 3.05) is 5.43 Å². The summed E-state index contributed by atoms with van der Waals surface area (Å²) in [7, 11) is 0. The van der Waals surface area contributed by atoms with Gasteiger partial charge in [0.15, 0.2) is 11.6 Å². The third-order valence-electron chi connectivity index (χ3n) is 4.06. The Morgan fingerprint density at radius 3 is 2.57 bits per heavy atom. The summed E-state index contributed by atoms with van der Waals surface area (Å²) < 4.78 is 1.79. The van der Waals surface area contributed by atoms with E-state index < -0.39 is 0 Å². The standard InChI is InChI=1S/C21H18N6O/c1-15-11-19(17-5-3-2-4-6-17)27(26-15)21-12-20(22-14-23-21)25-24-13-16-7-9-18(28)10-8-16/h2-14,28H,1H3,(H,22,23,25)/b24-13+. The summed E-state index contributed by atoms with van der Waals surface area (Å²) in [5.41, 5.74) is 6.67. The summed E-state index contributed by atoms with van der Waals surface area (Å²) in [5.74, 6) is 1.41. The van der Waals surface area contributed by atoms with Crippen molar-refractivity contribution < 1.29 is 5.11 Å². The van der Waals surface area contributed by atoms with Crippen LogP contribution in [0.5, 0.6) is 5.75 Å². The number of aryl methyl sites for hydroxylation is 1. The van der Waals surface area contributed by atoms with Crippen LogP contribution in [-0.4, -0.2) is 31.1 Å². The van der Waals surface area contributed by atoms with Crippen LogP contribution >= 0.6 is 0 Å². The van der Waals surface area contributed by atoms with E-state index in [9.17, 15) is 5.11 Å². The van der Waals surface area contributed by atoms with Gasteiger partial charge in [-0.25, -0.2) is 14.6 Å². The number of aromatic hydroxyl groups is 1. The predicted molar refractivity (Wildman–Crippen MR) is 109 cm³/mol. The number of nitrogens with zero attached hydrogens (tertiary/aromatic N) is 5. The van der Waals surface area contributed by atoms with E-state index in [2.05, 4.69) is 25.6 Å². The zero-order chi connectivity index (χ0) is 19.3. The Labute approximate surface area is 162 Å². The fourth-order valence-electron chi connectivity index (χ4n) is 2.75. The molecule has 0 saturated heterocycles. The number of aromatic nitrogens is 4. The van der Waals surface area contributed by atoms with Gasteiger partial charge in [-0.15, -0.1) is 0 Å². The van der Waals surface area contributed by atoms with Crippen LogP contribution in [-0.2, 0) is 0 Å². The first-order valence-electron chi connectivity index (χ1n) is 8.72. The molecule has 2 aromatic carbocycles. The van der Waals surface area contributed by atoms with Gasteiger partial charge in [-0.2, -0.15) is 10.2 Å². The number of hydrogen-bond acceptors (Lipinski definition) is 6. The maximum Gasteiger partial charge on any atom is 0.159 e. The highest BCUT2D eigenvalue weighted by Crippen LogP contribution is 2.23. The summed E-state index contributed by atoms with van der Waals surface area (Å²) in [5, 5.41) is 18.1. The van der Waals surface area contributed by atoms with E-state index in [1.54, 1.807) is 41.2 Å². The highest BCUT2D eigenvalue weighted by molar-refractivity contribution is 5.80. The molecule has 0 saturated carbocycles.